The minimum Gasteiger partial charge on any atom is -0.399 e. The zero-order valence-electron chi connectivity index (χ0n) is 13.2. The van der Waals surface area contributed by atoms with Crippen LogP contribution in [-0.4, -0.2) is 28.1 Å². The summed E-state index contributed by atoms with van der Waals surface area (Å²) in [6.07, 6.45) is 1.84. The molecule has 0 spiro atoms. The first-order valence-corrected chi connectivity index (χ1v) is 7.61. The van der Waals surface area contributed by atoms with Gasteiger partial charge < -0.3 is 15.6 Å². The molecule has 0 atom stereocenters. The number of pyridine rings is 1. The Kier molecular flexibility index (Phi) is 3.04. The van der Waals surface area contributed by atoms with Crippen molar-refractivity contribution in [3.8, 4) is 22.5 Å². The third-order valence-corrected chi connectivity index (χ3v) is 4.23. The molecule has 116 valence electrons. The van der Waals surface area contributed by atoms with Gasteiger partial charge in [-0.15, -0.1) is 0 Å². The molecule has 23 heavy (non-hydrogen) atoms. The second-order valence-electron chi connectivity index (χ2n) is 5.73. The second kappa shape index (κ2) is 5.08. The average molecular weight is 306 g/mol. The quantitative estimate of drug-likeness (QED) is 0.673. The zero-order valence-corrected chi connectivity index (χ0v) is 13.2. The van der Waals surface area contributed by atoms with Crippen molar-refractivity contribution in [2.24, 2.45) is 4.99 Å². The van der Waals surface area contributed by atoms with E-state index in [1.807, 2.05) is 18.3 Å². The van der Waals surface area contributed by atoms with E-state index >= 15 is 0 Å². The Balaban J connectivity index is 2.04. The lowest BCUT2D eigenvalue weighted by atomic mass is 9.98. The first-order chi connectivity index (χ1) is 11.2. The topological polar surface area (TPSA) is 81.1 Å². The van der Waals surface area contributed by atoms with Gasteiger partial charge in [0.05, 0.1) is 0 Å². The summed E-state index contributed by atoms with van der Waals surface area (Å²) in [6, 6.07) is 8.15. The number of hydrogen-bond acceptors (Lipinski definition) is 5. The third-order valence-electron chi connectivity index (χ3n) is 4.23. The molecule has 0 aliphatic carbocycles. The Bertz CT molecular complexity index is 940. The van der Waals surface area contributed by atoms with Crippen molar-refractivity contribution >= 4 is 11.5 Å². The number of benzene rings is 1. The molecule has 1 aromatic rings. The number of nitrogens with zero attached hydrogens (tertiary/aromatic N) is 4. The molecule has 0 saturated heterocycles. The Labute approximate surface area is 134 Å². The van der Waals surface area contributed by atoms with Gasteiger partial charge >= 0.3 is 0 Å². The van der Waals surface area contributed by atoms with Gasteiger partial charge in [-0.1, -0.05) is 6.07 Å². The van der Waals surface area contributed by atoms with Crippen molar-refractivity contribution in [3.63, 3.8) is 0 Å². The molecule has 6 heteroatoms. The molecule has 4 rings (SSSR count). The summed E-state index contributed by atoms with van der Waals surface area (Å²) in [5.41, 5.74) is 11.7. The smallest absolute Gasteiger partial charge is 0.246 e. The Morgan fingerprint density at radius 2 is 2.13 bits per heavy atom. The molecule has 0 radical (unpaired) electrons. The first-order valence-electron chi connectivity index (χ1n) is 7.61. The molecular formula is C17H18N6. The number of aromatic nitrogens is 3. The Morgan fingerprint density at radius 1 is 1.26 bits per heavy atom. The standard InChI is InChI=1S/C17H18N6/c1-10-7-12(18)3-4-13(10)14-8-11-9-21-17(19-2)22-15(11)23-6-5-20-16(14)23/h3-4,7-9,20H,5-6,18H2,1-2H3. The number of fused-ring (bicyclic) bond motifs is 3. The van der Waals surface area contributed by atoms with Crippen LogP contribution in [0.15, 0.2) is 35.5 Å². The van der Waals surface area contributed by atoms with Gasteiger partial charge in [0.25, 0.3) is 0 Å². The minimum atomic E-state index is 0.510. The van der Waals surface area contributed by atoms with Crippen molar-refractivity contribution in [3.05, 3.63) is 41.6 Å². The number of aryl methyl sites for hydroxylation is 1. The molecule has 0 amide bonds. The number of rotatable bonds is 1. The summed E-state index contributed by atoms with van der Waals surface area (Å²) in [6.45, 7) is 3.86. The maximum atomic E-state index is 5.89. The number of hydrogen-bond donors (Lipinski definition) is 2. The van der Waals surface area contributed by atoms with Gasteiger partial charge in [0.1, 0.15) is 11.6 Å². The van der Waals surface area contributed by atoms with E-state index in [1.165, 1.54) is 5.56 Å². The van der Waals surface area contributed by atoms with E-state index in [2.05, 4.69) is 43.9 Å². The largest absolute Gasteiger partial charge is 0.399 e. The van der Waals surface area contributed by atoms with Crippen LogP contribution in [0.5, 0.6) is 0 Å². The summed E-state index contributed by atoms with van der Waals surface area (Å²) in [4.78, 5) is 12.9. The van der Waals surface area contributed by atoms with E-state index in [1.54, 1.807) is 7.05 Å². The molecule has 0 unspecified atom stereocenters. The number of nitrogen functional groups attached to an aromatic ring is 1. The van der Waals surface area contributed by atoms with Crippen LogP contribution in [0.3, 0.4) is 0 Å². The number of nitrogens with one attached hydrogen (secondary N) is 1. The fraction of sp³-hybridized carbons (Fsp3) is 0.235. The number of anilines is 2. The van der Waals surface area contributed by atoms with Crippen LogP contribution in [0.25, 0.3) is 22.5 Å². The summed E-state index contributed by atoms with van der Waals surface area (Å²) in [7, 11) is 1.70. The van der Waals surface area contributed by atoms with Crippen molar-refractivity contribution in [2.75, 3.05) is 24.6 Å². The van der Waals surface area contributed by atoms with Crippen LogP contribution in [0.4, 0.5) is 11.5 Å². The highest BCUT2D eigenvalue weighted by Crippen LogP contribution is 2.38. The van der Waals surface area contributed by atoms with Crippen LogP contribution in [0, 0.1) is 6.92 Å². The summed E-state index contributed by atoms with van der Waals surface area (Å²) < 4.78 is 2.21. The third kappa shape index (κ3) is 2.14. The van der Waals surface area contributed by atoms with Crippen LogP contribution < -0.4 is 16.7 Å². The average Bonchev–Trinajstić information content (AvgIpc) is 3.04. The highest BCUT2D eigenvalue weighted by molar-refractivity contribution is 5.84. The van der Waals surface area contributed by atoms with E-state index < -0.39 is 0 Å². The van der Waals surface area contributed by atoms with Crippen molar-refractivity contribution < 1.29 is 0 Å². The SMILES string of the molecule is CN=c1ncc2cc(-c3ccc(N)cc3C)c3n(c-2n1)CCN3. The lowest BCUT2D eigenvalue weighted by molar-refractivity contribution is 0.779. The van der Waals surface area contributed by atoms with Gasteiger partial charge in [-0.3, -0.25) is 4.99 Å². The van der Waals surface area contributed by atoms with Crippen LogP contribution in [-0.2, 0) is 6.54 Å². The van der Waals surface area contributed by atoms with Crippen LogP contribution in [0.1, 0.15) is 5.56 Å². The van der Waals surface area contributed by atoms with E-state index in [-0.39, 0.29) is 0 Å². The van der Waals surface area contributed by atoms with Gasteiger partial charge in [-0.05, 0) is 36.2 Å². The lowest BCUT2D eigenvalue weighted by Gasteiger charge is -2.18. The maximum Gasteiger partial charge on any atom is 0.246 e. The van der Waals surface area contributed by atoms with Gasteiger partial charge in [-0.25, -0.2) is 4.98 Å². The normalized spacial score (nSPS) is 14.1. The van der Waals surface area contributed by atoms with Crippen molar-refractivity contribution in [1.82, 2.24) is 14.5 Å². The highest BCUT2D eigenvalue weighted by atomic mass is 15.2. The molecular weight excluding hydrogens is 288 g/mol. The molecule has 0 fully saturated rings. The summed E-state index contributed by atoms with van der Waals surface area (Å²) in [5.74, 6) is 2.00. The molecule has 1 aromatic carbocycles. The fourth-order valence-corrected chi connectivity index (χ4v) is 3.16. The molecule has 3 N–H and O–H groups in total. The van der Waals surface area contributed by atoms with Gasteiger partial charge in [0, 0.05) is 43.1 Å². The van der Waals surface area contributed by atoms with Gasteiger partial charge in [0.2, 0.25) is 5.62 Å². The van der Waals surface area contributed by atoms with E-state index in [0.717, 1.165) is 47.1 Å². The molecule has 0 bridgehead atoms. The second-order valence-corrected chi connectivity index (χ2v) is 5.73. The van der Waals surface area contributed by atoms with Crippen molar-refractivity contribution in [1.29, 1.82) is 0 Å². The van der Waals surface area contributed by atoms with Crippen LogP contribution in [0.2, 0.25) is 0 Å². The molecule has 3 aliphatic rings. The highest BCUT2D eigenvalue weighted by Gasteiger charge is 2.22. The van der Waals surface area contributed by atoms with Crippen molar-refractivity contribution in [2.45, 2.75) is 13.5 Å². The predicted molar refractivity (Wildman–Crippen MR) is 91.2 cm³/mol. The molecule has 0 saturated carbocycles. The lowest BCUT2D eigenvalue weighted by Crippen LogP contribution is -2.17. The van der Waals surface area contributed by atoms with E-state index in [0.29, 0.717) is 5.62 Å². The van der Waals surface area contributed by atoms with Crippen LogP contribution >= 0.6 is 0 Å². The number of nitrogens with two attached hydrogens (primary N) is 1. The Hall–Kier alpha value is -2.89. The fourth-order valence-electron chi connectivity index (χ4n) is 3.16. The molecule has 6 nitrogen and oxygen atoms in total. The van der Waals surface area contributed by atoms with Gasteiger partial charge in [-0.2, -0.15) is 4.98 Å². The predicted octanol–water partition coefficient (Wildman–Crippen LogP) is 1.90. The minimum absolute atomic E-state index is 0.510. The van der Waals surface area contributed by atoms with E-state index in [9.17, 15) is 0 Å². The first kappa shape index (κ1) is 13.8. The molecule has 3 heterocycles. The summed E-state index contributed by atoms with van der Waals surface area (Å²) >= 11 is 0. The Morgan fingerprint density at radius 3 is 2.91 bits per heavy atom. The molecule has 3 aliphatic heterocycles. The van der Waals surface area contributed by atoms with Gasteiger partial charge in [0.15, 0.2) is 0 Å². The van der Waals surface area contributed by atoms with E-state index in [4.69, 9.17) is 5.73 Å². The maximum absolute atomic E-state index is 5.89. The zero-order chi connectivity index (χ0) is 16.0. The molecule has 0 aromatic heterocycles. The monoisotopic (exact) mass is 306 g/mol. The summed E-state index contributed by atoms with van der Waals surface area (Å²) in [5, 5.41) is 3.48.